The fourth-order valence-corrected chi connectivity index (χ4v) is 1.85. The molecule has 0 saturated carbocycles. The molecule has 0 fully saturated rings. The van der Waals surface area contributed by atoms with Crippen LogP contribution in [0.1, 0.15) is 31.9 Å². The summed E-state index contributed by atoms with van der Waals surface area (Å²) in [5.41, 5.74) is 0.877. The average Bonchev–Trinajstić information content (AvgIpc) is 2.28. The van der Waals surface area contributed by atoms with Crippen LogP contribution in [0, 0.1) is 0 Å². The number of hydrogen-bond acceptors (Lipinski definition) is 3. The van der Waals surface area contributed by atoms with Crippen LogP contribution >= 0.6 is 0 Å². The lowest BCUT2D eigenvalue weighted by Crippen LogP contribution is -2.28. The molecule has 1 rings (SSSR count). The van der Waals surface area contributed by atoms with Crippen LogP contribution in [0.15, 0.2) is 30.9 Å². The Bertz CT molecular complexity index is 376. The van der Waals surface area contributed by atoms with Gasteiger partial charge in [-0.05, 0) is 26.3 Å². The van der Waals surface area contributed by atoms with E-state index in [1.807, 2.05) is 25.1 Å². The van der Waals surface area contributed by atoms with Crippen molar-refractivity contribution >= 4 is 0 Å². The summed E-state index contributed by atoms with van der Waals surface area (Å²) in [6.45, 7) is 7.84. The summed E-state index contributed by atoms with van der Waals surface area (Å²) < 4.78 is 5.06. The Morgan fingerprint density at radius 1 is 1.47 bits per heavy atom. The topological polar surface area (TPSA) is 41.5 Å². The number of hydrogen-bond donors (Lipinski definition) is 2. The quantitative estimate of drug-likeness (QED) is 0.745. The van der Waals surface area contributed by atoms with Crippen LogP contribution in [0.4, 0.5) is 0 Å². The van der Waals surface area contributed by atoms with Crippen molar-refractivity contribution in [3.63, 3.8) is 0 Å². The first-order chi connectivity index (χ1) is 8.08. The van der Waals surface area contributed by atoms with Gasteiger partial charge in [0.25, 0.3) is 0 Å². The predicted molar refractivity (Wildman–Crippen MR) is 70.5 cm³/mol. The summed E-state index contributed by atoms with van der Waals surface area (Å²) in [6.07, 6.45) is 2.79. The SMILES string of the molecule is C=CCC(C)NC(C)c1ccc(OC)cc1O. The zero-order chi connectivity index (χ0) is 12.8. The minimum Gasteiger partial charge on any atom is -0.507 e. The summed E-state index contributed by atoms with van der Waals surface area (Å²) in [6, 6.07) is 5.80. The maximum atomic E-state index is 9.90. The molecule has 3 nitrogen and oxygen atoms in total. The van der Waals surface area contributed by atoms with E-state index in [4.69, 9.17) is 4.74 Å². The van der Waals surface area contributed by atoms with Crippen molar-refractivity contribution in [3.8, 4) is 11.5 Å². The number of aromatic hydroxyl groups is 1. The van der Waals surface area contributed by atoms with Crippen molar-refractivity contribution in [2.75, 3.05) is 7.11 Å². The molecule has 1 aromatic carbocycles. The zero-order valence-electron chi connectivity index (χ0n) is 10.7. The molecular formula is C14H21NO2. The molecule has 0 aliphatic heterocycles. The Kier molecular flexibility index (Phi) is 5.04. The highest BCUT2D eigenvalue weighted by molar-refractivity contribution is 5.41. The van der Waals surface area contributed by atoms with E-state index in [0.717, 1.165) is 12.0 Å². The van der Waals surface area contributed by atoms with E-state index in [2.05, 4.69) is 18.8 Å². The molecule has 94 valence electrons. The van der Waals surface area contributed by atoms with Crippen molar-refractivity contribution in [3.05, 3.63) is 36.4 Å². The highest BCUT2D eigenvalue weighted by Crippen LogP contribution is 2.28. The summed E-state index contributed by atoms with van der Waals surface area (Å²) >= 11 is 0. The molecule has 17 heavy (non-hydrogen) atoms. The van der Waals surface area contributed by atoms with Crippen LogP contribution < -0.4 is 10.1 Å². The van der Waals surface area contributed by atoms with Gasteiger partial charge in [0, 0.05) is 23.7 Å². The minimum absolute atomic E-state index is 0.0934. The number of phenolic OH excluding ortho intramolecular Hbond substituents is 1. The summed E-state index contributed by atoms with van der Waals surface area (Å²) in [5.74, 6) is 0.924. The monoisotopic (exact) mass is 235 g/mol. The highest BCUT2D eigenvalue weighted by atomic mass is 16.5. The second kappa shape index (κ2) is 6.30. The van der Waals surface area contributed by atoms with Gasteiger partial charge in [-0.1, -0.05) is 12.1 Å². The van der Waals surface area contributed by atoms with Crippen molar-refractivity contribution in [1.29, 1.82) is 0 Å². The van der Waals surface area contributed by atoms with Crippen LogP contribution in [0.3, 0.4) is 0 Å². The summed E-state index contributed by atoms with van der Waals surface area (Å²) in [5, 5.41) is 13.3. The Hall–Kier alpha value is -1.48. The van der Waals surface area contributed by atoms with Crippen LogP contribution in [0.2, 0.25) is 0 Å². The number of rotatable bonds is 6. The highest BCUT2D eigenvalue weighted by Gasteiger charge is 2.12. The normalized spacial score (nSPS) is 14.1. The van der Waals surface area contributed by atoms with Gasteiger partial charge in [0.15, 0.2) is 0 Å². The third-order valence-electron chi connectivity index (χ3n) is 2.76. The predicted octanol–water partition coefficient (Wildman–Crippen LogP) is 3.02. The van der Waals surface area contributed by atoms with Gasteiger partial charge in [-0.3, -0.25) is 0 Å². The van der Waals surface area contributed by atoms with E-state index in [9.17, 15) is 5.11 Å². The van der Waals surface area contributed by atoms with Gasteiger partial charge in [0.2, 0.25) is 0 Å². The molecular weight excluding hydrogens is 214 g/mol. The fraction of sp³-hybridized carbons (Fsp3) is 0.429. The third-order valence-corrected chi connectivity index (χ3v) is 2.76. The van der Waals surface area contributed by atoms with E-state index in [1.165, 1.54) is 0 Å². The molecule has 0 bridgehead atoms. The van der Waals surface area contributed by atoms with Crippen LogP contribution in [-0.4, -0.2) is 18.3 Å². The molecule has 2 N–H and O–H groups in total. The number of phenols is 1. The first-order valence-corrected chi connectivity index (χ1v) is 5.82. The Labute approximate surface area is 103 Å². The van der Waals surface area contributed by atoms with E-state index >= 15 is 0 Å². The van der Waals surface area contributed by atoms with Crippen LogP contribution in [0.25, 0.3) is 0 Å². The van der Waals surface area contributed by atoms with E-state index in [1.54, 1.807) is 13.2 Å². The second-order valence-corrected chi connectivity index (χ2v) is 4.24. The van der Waals surface area contributed by atoms with E-state index < -0.39 is 0 Å². The molecule has 0 heterocycles. The molecule has 0 aliphatic carbocycles. The van der Waals surface area contributed by atoms with Gasteiger partial charge in [0.1, 0.15) is 11.5 Å². The van der Waals surface area contributed by atoms with Crippen molar-refractivity contribution in [2.45, 2.75) is 32.4 Å². The van der Waals surface area contributed by atoms with Crippen LogP contribution in [0.5, 0.6) is 11.5 Å². The Morgan fingerprint density at radius 3 is 2.71 bits per heavy atom. The minimum atomic E-state index is 0.0934. The fourth-order valence-electron chi connectivity index (χ4n) is 1.85. The van der Waals surface area contributed by atoms with E-state index in [0.29, 0.717) is 11.8 Å². The lowest BCUT2D eigenvalue weighted by Gasteiger charge is -2.20. The molecule has 0 aliphatic rings. The van der Waals surface area contributed by atoms with Crippen molar-refractivity contribution in [2.24, 2.45) is 0 Å². The number of benzene rings is 1. The second-order valence-electron chi connectivity index (χ2n) is 4.24. The maximum absolute atomic E-state index is 9.90. The number of methoxy groups -OCH3 is 1. The van der Waals surface area contributed by atoms with Crippen LogP contribution in [-0.2, 0) is 0 Å². The molecule has 2 unspecified atom stereocenters. The summed E-state index contributed by atoms with van der Waals surface area (Å²) in [7, 11) is 1.59. The van der Waals surface area contributed by atoms with Gasteiger partial charge in [-0.25, -0.2) is 0 Å². The van der Waals surface area contributed by atoms with Gasteiger partial charge in [-0.15, -0.1) is 6.58 Å². The molecule has 0 saturated heterocycles. The molecule has 0 spiro atoms. The largest absolute Gasteiger partial charge is 0.507 e. The molecule has 0 amide bonds. The molecule has 3 heteroatoms. The van der Waals surface area contributed by atoms with Crippen molar-refractivity contribution in [1.82, 2.24) is 5.32 Å². The molecule has 1 aromatic rings. The lowest BCUT2D eigenvalue weighted by atomic mass is 10.1. The molecule has 2 atom stereocenters. The smallest absolute Gasteiger partial charge is 0.124 e. The van der Waals surface area contributed by atoms with Gasteiger partial charge < -0.3 is 15.2 Å². The van der Waals surface area contributed by atoms with Gasteiger partial charge in [-0.2, -0.15) is 0 Å². The lowest BCUT2D eigenvalue weighted by molar-refractivity contribution is 0.401. The van der Waals surface area contributed by atoms with Crippen molar-refractivity contribution < 1.29 is 9.84 Å². The first kappa shape index (κ1) is 13.6. The molecule has 0 radical (unpaired) electrons. The van der Waals surface area contributed by atoms with E-state index in [-0.39, 0.29) is 11.8 Å². The summed E-state index contributed by atoms with van der Waals surface area (Å²) in [4.78, 5) is 0. The third kappa shape index (κ3) is 3.79. The Morgan fingerprint density at radius 2 is 2.18 bits per heavy atom. The van der Waals surface area contributed by atoms with Gasteiger partial charge >= 0.3 is 0 Å². The maximum Gasteiger partial charge on any atom is 0.124 e. The zero-order valence-corrected chi connectivity index (χ0v) is 10.7. The van der Waals surface area contributed by atoms with Gasteiger partial charge in [0.05, 0.1) is 7.11 Å². The first-order valence-electron chi connectivity index (χ1n) is 5.82. The average molecular weight is 235 g/mol. The Balaban J connectivity index is 2.74. The standard InChI is InChI=1S/C14H21NO2/c1-5-6-10(2)15-11(3)13-8-7-12(17-4)9-14(13)16/h5,7-11,15-16H,1,6H2,2-4H3. The number of nitrogens with one attached hydrogen (secondary N) is 1. The molecule has 0 aromatic heterocycles. The number of ether oxygens (including phenoxy) is 1.